The summed E-state index contributed by atoms with van der Waals surface area (Å²) in [6.07, 6.45) is 1.44. The molecule has 1 aliphatic heterocycles. The van der Waals surface area contributed by atoms with Crippen LogP contribution < -0.4 is 5.32 Å². The molecule has 2 rings (SSSR count). The van der Waals surface area contributed by atoms with E-state index in [1.807, 2.05) is 0 Å². The highest BCUT2D eigenvalue weighted by Crippen LogP contribution is 2.12. The summed E-state index contributed by atoms with van der Waals surface area (Å²) in [7, 11) is 0. The van der Waals surface area contributed by atoms with Gasteiger partial charge in [-0.05, 0) is 30.7 Å². The maximum Gasteiger partial charge on any atom is 0.411 e. The van der Waals surface area contributed by atoms with Gasteiger partial charge < -0.3 is 14.6 Å². The van der Waals surface area contributed by atoms with Crippen LogP contribution in [0, 0.1) is 0 Å². The van der Waals surface area contributed by atoms with Crippen LogP contribution in [0.1, 0.15) is 30.1 Å². The van der Waals surface area contributed by atoms with Gasteiger partial charge in [-0.2, -0.15) is 0 Å². The lowest BCUT2D eigenvalue weighted by atomic mass is 10.1. The first kappa shape index (κ1) is 18.2. The number of rotatable bonds is 7. The second-order valence-corrected chi connectivity index (χ2v) is 5.70. The number of hydrogen-bond donors (Lipinski definition) is 2. The Balaban J connectivity index is 1.82. The van der Waals surface area contributed by atoms with E-state index in [1.165, 1.54) is 24.3 Å². The van der Waals surface area contributed by atoms with Gasteiger partial charge in [0.1, 0.15) is 6.61 Å². The predicted molar refractivity (Wildman–Crippen MR) is 89.5 cm³/mol. The van der Waals surface area contributed by atoms with Crippen molar-refractivity contribution in [3.8, 4) is 0 Å². The summed E-state index contributed by atoms with van der Waals surface area (Å²) in [5.41, 5.74) is 0.674. The number of benzene rings is 1. The van der Waals surface area contributed by atoms with Crippen LogP contribution in [0.3, 0.4) is 0 Å². The normalized spacial score (nSPS) is 16.4. The number of hydrogen-bond acceptors (Lipinski definition) is 5. The Bertz CT molecular complexity index is 540. The van der Waals surface area contributed by atoms with E-state index < -0.39 is 12.1 Å². The van der Waals surface area contributed by atoms with Crippen molar-refractivity contribution < 1.29 is 24.2 Å². The number of morpholine rings is 1. The van der Waals surface area contributed by atoms with E-state index in [2.05, 4.69) is 17.1 Å². The second-order valence-electron chi connectivity index (χ2n) is 5.70. The number of carboxylic acid groups (broad SMARTS) is 1. The summed E-state index contributed by atoms with van der Waals surface area (Å²) in [5.74, 6) is -1.00. The molecule has 7 nitrogen and oxygen atoms in total. The fraction of sp³-hybridized carbons (Fsp3) is 0.529. The average Bonchev–Trinajstić information content (AvgIpc) is 2.60. The smallest absolute Gasteiger partial charge is 0.411 e. The highest BCUT2D eigenvalue weighted by Gasteiger charge is 2.21. The molecular formula is C17H24N2O5. The maximum absolute atomic E-state index is 11.9. The molecule has 0 saturated carbocycles. The highest BCUT2D eigenvalue weighted by molar-refractivity contribution is 5.89. The molecule has 24 heavy (non-hydrogen) atoms. The third-order valence-corrected chi connectivity index (χ3v) is 3.97. The SMILES string of the molecule is CCCC(COC(=O)Nc1ccc(C(=O)O)cc1)N1CCOCC1. The van der Waals surface area contributed by atoms with Gasteiger partial charge in [-0.3, -0.25) is 10.2 Å². The molecule has 1 amide bonds. The first-order valence-electron chi connectivity index (χ1n) is 8.19. The van der Waals surface area contributed by atoms with Gasteiger partial charge in [0.2, 0.25) is 0 Å². The third-order valence-electron chi connectivity index (χ3n) is 3.97. The van der Waals surface area contributed by atoms with E-state index in [4.69, 9.17) is 14.6 Å². The van der Waals surface area contributed by atoms with Crippen molar-refractivity contribution in [1.82, 2.24) is 4.90 Å². The van der Waals surface area contributed by atoms with Gasteiger partial charge >= 0.3 is 12.1 Å². The number of carbonyl (C=O) groups is 2. The summed E-state index contributed by atoms with van der Waals surface area (Å²) >= 11 is 0. The fourth-order valence-corrected chi connectivity index (χ4v) is 2.67. The molecule has 0 aliphatic carbocycles. The van der Waals surface area contributed by atoms with E-state index in [1.54, 1.807) is 0 Å². The first-order valence-corrected chi connectivity index (χ1v) is 8.19. The standard InChI is InChI=1S/C17H24N2O5/c1-2-3-15(19-8-10-23-11-9-19)12-24-17(22)18-14-6-4-13(5-7-14)16(20)21/h4-7,15H,2-3,8-12H2,1H3,(H,18,22)(H,20,21). The zero-order chi connectivity index (χ0) is 17.4. The van der Waals surface area contributed by atoms with Crippen LogP contribution in [-0.4, -0.2) is 61.0 Å². The number of carboxylic acids is 1. The lowest BCUT2D eigenvalue weighted by Gasteiger charge is -2.34. The number of ether oxygens (including phenoxy) is 2. The van der Waals surface area contributed by atoms with E-state index >= 15 is 0 Å². The van der Waals surface area contributed by atoms with E-state index in [-0.39, 0.29) is 11.6 Å². The predicted octanol–water partition coefficient (Wildman–Crippen LogP) is 2.43. The Morgan fingerprint density at radius 2 is 1.96 bits per heavy atom. The summed E-state index contributed by atoms with van der Waals surface area (Å²) in [5, 5.41) is 11.5. The topological polar surface area (TPSA) is 88.1 Å². The molecule has 1 atom stereocenters. The Morgan fingerprint density at radius 3 is 2.54 bits per heavy atom. The molecule has 2 N–H and O–H groups in total. The maximum atomic E-state index is 11.9. The van der Waals surface area contributed by atoms with Crippen LogP contribution in [0.25, 0.3) is 0 Å². The minimum atomic E-state index is -1.00. The average molecular weight is 336 g/mol. The van der Waals surface area contributed by atoms with Gasteiger partial charge in [0, 0.05) is 24.8 Å². The molecule has 0 bridgehead atoms. The van der Waals surface area contributed by atoms with Crippen molar-refractivity contribution in [2.45, 2.75) is 25.8 Å². The number of nitrogens with one attached hydrogen (secondary N) is 1. The molecule has 1 saturated heterocycles. The second kappa shape index (κ2) is 9.24. The molecule has 1 unspecified atom stereocenters. The number of nitrogens with zero attached hydrogens (tertiary/aromatic N) is 1. The number of carbonyl (C=O) groups excluding carboxylic acids is 1. The first-order chi connectivity index (χ1) is 11.6. The lowest BCUT2D eigenvalue weighted by Crippen LogP contribution is -2.46. The number of aromatic carboxylic acids is 1. The minimum Gasteiger partial charge on any atom is -0.478 e. The van der Waals surface area contributed by atoms with Gasteiger partial charge in [0.15, 0.2) is 0 Å². The molecule has 1 aromatic carbocycles. The molecule has 0 spiro atoms. The van der Waals surface area contributed by atoms with Crippen LogP contribution in [0.15, 0.2) is 24.3 Å². The van der Waals surface area contributed by atoms with E-state index in [0.29, 0.717) is 25.5 Å². The number of anilines is 1. The van der Waals surface area contributed by atoms with Crippen molar-refractivity contribution in [2.24, 2.45) is 0 Å². The summed E-state index contributed by atoms with van der Waals surface area (Å²) in [4.78, 5) is 25.0. The Kier molecular flexibility index (Phi) is 7.02. The van der Waals surface area contributed by atoms with Crippen molar-refractivity contribution in [2.75, 3.05) is 38.2 Å². The molecular weight excluding hydrogens is 312 g/mol. The van der Waals surface area contributed by atoms with Crippen LogP contribution in [0.5, 0.6) is 0 Å². The highest BCUT2D eigenvalue weighted by atomic mass is 16.5. The van der Waals surface area contributed by atoms with Crippen molar-refractivity contribution >= 4 is 17.7 Å². The van der Waals surface area contributed by atoms with Gasteiger partial charge in [0.25, 0.3) is 0 Å². The van der Waals surface area contributed by atoms with Gasteiger partial charge in [-0.1, -0.05) is 13.3 Å². The minimum absolute atomic E-state index is 0.171. The van der Waals surface area contributed by atoms with Gasteiger partial charge in [-0.15, -0.1) is 0 Å². The van der Waals surface area contributed by atoms with E-state index in [0.717, 1.165) is 25.9 Å². The Hall–Kier alpha value is -2.12. The molecule has 0 radical (unpaired) electrons. The Morgan fingerprint density at radius 1 is 1.29 bits per heavy atom. The van der Waals surface area contributed by atoms with Gasteiger partial charge in [0.05, 0.1) is 18.8 Å². The zero-order valence-electron chi connectivity index (χ0n) is 13.9. The quantitative estimate of drug-likeness (QED) is 0.795. The fourth-order valence-electron chi connectivity index (χ4n) is 2.67. The molecule has 1 aliphatic rings. The number of amides is 1. The van der Waals surface area contributed by atoms with Crippen LogP contribution in [0.2, 0.25) is 0 Å². The van der Waals surface area contributed by atoms with Crippen LogP contribution in [0.4, 0.5) is 10.5 Å². The van der Waals surface area contributed by atoms with Crippen LogP contribution in [-0.2, 0) is 9.47 Å². The molecule has 132 valence electrons. The largest absolute Gasteiger partial charge is 0.478 e. The monoisotopic (exact) mass is 336 g/mol. The summed E-state index contributed by atoms with van der Waals surface area (Å²) < 4.78 is 10.7. The third kappa shape index (κ3) is 5.50. The van der Waals surface area contributed by atoms with E-state index in [9.17, 15) is 9.59 Å². The van der Waals surface area contributed by atoms with Crippen molar-refractivity contribution in [3.63, 3.8) is 0 Å². The molecule has 1 aromatic rings. The van der Waals surface area contributed by atoms with Crippen molar-refractivity contribution in [3.05, 3.63) is 29.8 Å². The van der Waals surface area contributed by atoms with Gasteiger partial charge in [-0.25, -0.2) is 9.59 Å². The van der Waals surface area contributed by atoms with Crippen molar-refractivity contribution in [1.29, 1.82) is 0 Å². The summed E-state index contributed by atoms with van der Waals surface area (Å²) in [6.45, 7) is 5.56. The molecule has 1 heterocycles. The van der Waals surface area contributed by atoms with Crippen LogP contribution >= 0.6 is 0 Å². The molecule has 7 heteroatoms. The molecule has 0 aromatic heterocycles. The molecule has 1 fully saturated rings. The zero-order valence-corrected chi connectivity index (χ0v) is 13.9. The summed E-state index contributed by atoms with van der Waals surface area (Å²) in [6, 6.07) is 6.14. The lowest BCUT2D eigenvalue weighted by molar-refractivity contribution is -0.000838. The Labute approximate surface area is 141 Å².